The van der Waals surface area contributed by atoms with Crippen molar-refractivity contribution in [2.75, 3.05) is 33.0 Å². The van der Waals surface area contributed by atoms with Gasteiger partial charge in [-0.05, 0) is 32.3 Å². The molecule has 0 saturated carbocycles. The van der Waals surface area contributed by atoms with Crippen LogP contribution in [0.15, 0.2) is 36.5 Å². The highest BCUT2D eigenvalue weighted by Crippen LogP contribution is 2.28. The number of carbonyl (C=O) groups is 8. The molecule has 9 N–H and O–H groups in total. The minimum Gasteiger partial charge on any atom is -0.368 e. The molecule has 3 rings (SSSR count). The van der Waals surface area contributed by atoms with Crippen LogP contribution in [0.25, 0.3) is 0 Å². The summed E-state index contributed by atoms with van der Waals surface area (Å²) in [5, 5.41) is 20.4. The van der Waals surface area contributed by atoms with Crippen LogP contribution in [-0.4, -0.2) is 112 Å². The number of amides is 8. The van der Waals surface area contributed by atoms with Gasteiger partial charge in [0, 0.05) is 31.3 Å². The van der Waals surface area contributed by atoms with Crippen molar-refractivity contribution in [3.8, 4) is 0 Å². The van der Waals surface area contributed by atoms with E-state index in [-0.39, 0.29) is 63.4 Å². The number of aromatic nitrogens is 3. The summed E-state index contributed by atoms with van der Waals surface area (Å²) < 4.78 is 6.08. The van der Waals surface area contributed by atoms with Crippen LogP contribution in [0, 0.1) is 5.92 Å². The number of carbonyl (C=O) groups excluding carboxylic acids is 8. The summed E-state index contributed by atoms with van der Waals surface area (Å²) in [4.78, 5) is 99.2. The number of ether oxygens (including phenoxy) is 1. The third-order valence-electron chi connectivity index (χ3n) is 8.21. The summed E-state index contributed by atoms with van der Waals surface area (Å²) >= 11 is 0. The average molecular weight is 756 g/mol. The van der Waals surface area contributed by atoms with E-state index in [9.17, 15) is 38.4 Å². The van der Waals surface area contributed by atoms with Crippen LogP contribution in [-0.2, 0) is 62.6 Å². The maximum absolute atomic E-state index is 12.9. The highest BCUT2D eigenvalue weighted by atomic mass is 16.5. The Morgan fingerprint density at radius 3 is 2.33 bits per heavy atom. The molecule has 1 aliphatic rings. The molecule has 0 bridgehead atoms. The molecule has 2 atom stereocenters. The Hall–Kier alpha value is -5.76. The first-order valence-corrected chi connectivity index (χ1v) is 17.4. The van der Waals surface area contributed by atoms with E-state index in [4.69, 9.17) is 16.2 Å². The lowest BCUT2D eigenvalue weighted by Crippen LogP contribution is -2.52. The molecule has 0 spiro atoms. The van der Waals surface area contributed by atoms with Crippen molar-refractivity contribution in [1.82, 2.24) is 46.5 Å². The molecule has 1 unspecified atom stereocenters. The van der Waals surface area contributed by atoms with Gasteiger partial charge in [-0.1, -0.05) is 42.0 Å². The number of primary amides is 1. The maximum Gasteiger partial charge on any atom is 0.243 e. The predicted octanol–water partition coefficient (Wildman–Crippen LogP) is -2.90. The fourth-order valence-electron chi connectivity index (χ4n) is 5.33. The second-order valence-electron chi connectivity index (χ2n) is 13.3. The molecule has 8 amide bonds. The molecule has 0 radical (unpaired) electrons. The third-order valence-corrected chi connectivity index (χ3v) is 8.21. The van der Waals surface area contributed by atoms with Crippen LogP contribution in [0.5, 0.6) is 0 Å². The second-order valence-corrected chi connectivity index (χ2v) is 13.3. The molecule has 1 fully saturated rings. The van der Waals surface area contributed by atoms with Crippen molar-refractivity contribution >= 4 is 47.3 Å². The predicted molar refractivity (Wildman–Crippen MR) is 190 cm³/mol. The first-order valence-electron chi connectivity index (χ1n) is 17.4. The first kappa shape index (κ1) is 42.7. The molecule has 2 aromatic rings. The molecule has 1 aromatic heterocycles. The standard InChI is InChI=1S/C34H49N11O9/c1-34(2,36)24-14-31(51)45(33(24)53)12-8-4-7-11-27(47)37-15-23-18-44(43-42-23)19-30(50)38-17-29(49)41-25(13-22-9-5-3-6-10-22)32(52)39-16-28(48)40-21-54-20-26(35)46/h3,5-6,9-10,18,24-25H,4,7-8,11-17,19-21,36H2,1-2H3,(H2,35,46)(H,37,47)(H,38,50)(H,39,52)(H,40,48)(H,41,49)/t24?,25-/m0/s1. The lowest BCUT2D eigenvalue weighted by atomic mass is 9.87. The van der Waals surface area contributed by atoms with E-state index in [0.29, 0.717) is 31.5 Å². The molecule has 0 aliphatic carbocycles. The molecule has 294 valence electrons. The number of rotatable bonds is 23. The Morgan fingerprint density at radius 2 is 1.65 bits per heavy atom. The lowest BCUT2D eigenvalue weighted by Gasteiger charge is -2.24. The number of likely N-dealkylation sites (tertiary alicyclic amines) is 1. The number of unbranched alkanes of at least 4 members (excludes halogenated alkanes) is 2. The van der Waals surface area contributed by atoms with Crippen molar-refractivity contribution < 1.29 is 43.1 Å². The Balaban J connectivity index is 1.35. The third kappa shape index (κ3) is 15.1. The van der Waals surface area contributed by atoms with Gasteiger partial charge in [0.15, 0.2) is 0 Å². The van der Waals surface area contributed by atoms with Gasteiger partial charge in [0.2, 0.25) is 47.3 Å². The number of nitrogens with zero attached hydrogens (tertiary/aromatic N) is 4. The summed E-state index contributed by atoms with van der Waals surface area (Å²) in [7, 11) is 0. The summed E-state index contributed by atoms with van der Waals surface area (Å²) in [5.74, 6) is -4.40. The first-order chi connectivity index (χ1) is 25.6. The van der Waals surface area contributed by atoms with E-state index < -0.39 is 60.1 Å². The summed E-state index contributed by atoms with van der Waals surface area (Å²) in [5.41, 5.74) is 11.4. The van der Waals surface area contributed by atoms with Crippen LogP contribution in [0.1, 0.15) is 57.2 Å². The monoisotopic (exact) mass is 755 g/mol. The molecule has 1 aromatic carbocycles. The van der Waals surface area contributed by atoms with E-state index in [1.165, 1.54) is 15.8 Å². The van der Waals surface area contributed by atoms with Gasteiger partial charge in [-0.15, -0.1) is 5.10 Å². The maximum atomic E-state index is 12.9. The molecule has 1 saturated heterocycles. The minimum atomic E-state index is -1.08. The van der Waals surface area contributed by atoms with Gasteiger partial charge in [0.1, 0.15) is 31.6 Å². The van der Waals surface area contributed by atoms with Crippen LogP contribution in [0.3, 0.4) is 0 Å². The molecular weight excluding hydrogens is 706 g/mol. The number of nitrogens with two attached hydrogens (primary N) is 2. The van der Waals surface area contributed by atoms with Gasteiger partial charge >= 0.3 is 0 Å². The van der Waals surface area contributed by atoms with Crippen LogP contribution in [0.2, 0.25) is 0 Å². The highest BCUT2D eigenvalue weighted by Gasteiger charge is 2.44. The number of nitrogens with one attached hydrogen (secondary N) is 5. The minimum absolute atomic E-state index is 0.0749. The Bertz CT molecular complexity index is 1640. The van der Waals surface area contributed by atoms with E-state index in [0.717, 1.165) is 5.56 Å². The van der Waals surface area contributed by atoms with E-state index in [1.54, 1.807) is 44.2 Å². The summed E-state index contributed by atoms with van der Waals surface area (Å²) in [6.07, 6.45) is 3.69. The SMILES string of the molecule is CC(C)(N)C1CC(=O)N(CCCCCC(=O)NCc2cn(CC(=O)NCC(=O)N[C@@H](Cc3ccccc3)C(=O)NCC(=O)NCOCC(N)=O)nn2)C1=O. The van der Waals surface area contributed by atoms with Crippen molar-refractivity contribution in [1.29, 1.82) is 0 Å². The zero-order valence-corrected chi connectivity index (χ0v) is 30.4. The topological polar surface area (TPSA) is 292 Å². The molecule has 20 heteroatoms. The smallest absolute Gasteiger partial charge is 0.243 e. The number of imide groups is 1. The molecule has 1 aliphatic heterocycles. The summed E-state index contributed by atoms with van der Waals surface area (Å²) in [6.45, 7) is 2.00. The lowest BCUT2D eigenvalue weighted by molar-refractivity contribution is -0.140. The van der Waals surface area contributed by atoms with Crippen LogP contribution < -0.4 is 38.1 Å². The van der Waals surface area contributed by atoms with Crippen molar-refractivity contribution in [3.05, 3.63) is 47.8 Å². The Kier molecular flexibility index (Phi) is 16.6. The molecular formula is C34H49N11O9. The van der Waals surface area contributed by atoms with Crippen molar-refractivity contribution in [3.63, 3.8) is 0 Å². The summed E-state index contributed by atoms with van der Waals surface area (Å²) in [6, 6.07) is 7.78. The number of hydrogen-bond donors (Lipinski definition) is 7. The Labute approximate surface area is 311 Å². The quantitative estimate of drug-likeness (QED) is 0.0342. The van der Waals surface area contributed by atoms with Gasteiger partial charge < -0.3 is 42.8 Å². The zero-order chi connectivity index (χ0) is 39.7. The fourth-order valence-corrected chi connectivity index (χ4v) is 5.33. The zero-order valence-electron chi connectivity index (χ0n) is 30.4. The highest BCUT2D eigenvalue weighted by molar-refractivity contribution is 6.04. The molecule has 20 nitrogen and oxygen atoms in total. The van der Waals surface area contributed by atoms with Crippen molar-refractivity contribution in [2.24, 2.45) is 17.4 Å². The fraction of sp³-hybridized carbons (Fsp3) is 0.529. The average Bonchev–Trinajstić information content (AvgIpc) is 3.69. The van der Waals surface area contributed by atoms with Gasteiger partial charge in [0.05, 0.1) is 31.7 Å². The normalized spacial score (nSPS) is 14.6. The molecule has 54 heavy (non-hydrogen) atoms. The molecule has 2 heterocycles. The largest absolute Gasteiger partial charge is 0.368 e. The van der Waals surface area contributed by atoms with Crippen LogP contribution in [0.4, 0.5) is 0 Å². The van der Waals surface area contributed by atoms with E-state index in [2.05, 4.69) is 36.9 Å². The van der Waals surface area contributed by atoms with Gasteiger partial charge in [-0.25, -0.2) is 4.68 Å². The van der Waals surface area contributed by atoms with E-state index >= 15 is 0 Å². The van der Waals surface area contributed by atoms with E-state index in [1.807, 2.05) is 0 Å². The number of hydrogen-bond acceptors (Lipinski definition) is 12. The van der Waals surface area contributed by atoms with Gasteiger partial charge in [-0.3, -0.25) is 43.3 Å². The van der Waals surface area contributed by atoms with Crippen molar-refractivity contribution in [2.45, 2.75) is 77.0 Å². The van der Waals surface area contributed by atoms with Crippen LogP contribution >= 0.6 is 0 Å². The second kappa shape index (κ2) is 21.1. The van der Waals surface area contributed by atoms with Gasteiger partial charge in [0.25, 0.3) is 0 Å². The Morgan fingerprint density at radius 1 is 0.926 bits per heavy atom. The van der Waals surface area contributed by atoms with Gasteiger partial charge in [-0.2, -0.15) is 0 Å². The number of benzene rings is 1.